The van der Waals surface area contributed by atoms with Gasteiger partial charge in [0.2, 0.25) is 5.69 Å². The molecule has 2 aliphatic carbocycles. The monoisotopic (exact) mass is 414 g/mol. The second-order valence-corrected chi connectivity index (χ2v) is 10.9. The van der Waals surface area contributed by atoms with Crippen molar-refractivity contribution >= 4 is 22.2 Å². The average Bonchev–Trinajstić information content (AvgIpc) is 3.51. The molecule has 1 heterocycles. The van der Waals surface area contributed by atoms with Crippen LogP contribution in [0.4, 0.5) is 5.69 Å². The van der Waals surface area contributed by atoms with E-state index in [-0.39, 0.29) is 5.41 Å². The van der Waals surface area contributed by atoms with Crippen molar-refractivity contribution in [3.8, 4) is 0 Å². The van der Waals surface area contributed by atoms with Gasteiger partial charge in [0.15, 0.2) is 5.71 Å². The highest BCUT2D eigenvalue weighted by Crippen LogP contribution is 2.44. The third-order valence-electron chi connectivity index (χ3n) is 8.40. The van der Waals surface area contributed by atoms with Gasteiger partial charge < -0.3 is 0 Å². The summed E-state index contributed by atoms with van der Waals surface area (Å²) in [6, 6.07) is 13.7. The molecule has 31 heavy (non-hydrogen) atoms. The van der Waals surface area contributed by atoms with Crippen LogP contribution in [-0.2, 0) is 5.41 Å². The van der Waals surface area contributed by atoms with Crippen molar-refractivity contribution < 1.29 is 4.58 Å². The van der Waals surface area contributed by atoms with Crippen LogP contribution in [0.3, 0.4) is 0 Å². The molecular formula is C30H40N+. The van der Waals surface area contributed by atoms with Crippen LogP contribution in [0.2, 0.25) is 0 Å². The third kappa shape index (κ3) is 4.13. The van der Waals surface area contributed by atoms with Gasteiger partial charge in [-0.15, -0.1) is 0 Å². The quantitative estimate of drug-likeness (QED) is 0.316. The molecule has 0 N–H and O–H groups in total. The SMILES string of the molecule is CC1(C)C(C=CC2CCCC2)=[N+](CCCCC2CCCC2)c2ccc3ccccc3c21. The molecule has 2 fully saturated rings. The Hall–Kier alpha value is -1.89. The molecule has 0 aromatic heterocycles. The molecule has 164 valence electrons. The molecule has 0 saturated heterocycles. The summed E-state index contributed by atoms with van der Waals surface area (Å²) in [5.41, 5.74) is 4.56. The Balaban J connectivity index is 1.45. The highest BCUT2D eigenvalue weighted by atomic mass is 15.1. The lowest BCUT2D eigenvalue weighted by molar-refractivity contribution is -0.438. The van der Waals surface area contributed by atoms with Crippen LogP contribution in [0.5, 0.6) is 0 Å². The summed E-state index contributed by atoms with van der Waals surface area (Å²) in [7, 11) is 0. The van der Waals surface area contributed by atoms with Gasteiger partial charge in [-0.1, -0.05) is 75.3 Å². The van der Waals surface area contributed by atoms with Crippen molar-refractivity contribution in [2.75, 3.05) is 6.54 Å². The Labute approximate surface area is 189 Å². The first-order valence-electron chi connectivity index (χ1n) is 13.0. The van der Waals surface area contributed by atoms with E-state index in [0.717, 1.165) is 18.4 Å². The van der Waals surface area contributed by atoms with Crippen LogP contribution in [0, 0.1) is 11.8 Å². The van der Waals surface area contributed by atoms with E-state index in [1.165, 1.54) is 98.4 Å². The molecule has 0 bridgehead atoms. The smallest absolute Gasteiger partial charge is 0.195 e. The highest BCUT2D eigenvalue weighted by molar-refractivity contribution is 6.07. The molecule has 0 atom stereocenters. The van der Waals surface area contributed by atoms with Crippen LogP contribution >= 0.6 is 0 Å². The molecule has 1 nitrogen and oxygen atoms in total. The van der Waals surface area contributed by atoms with Gasteiger partial charge in [-0.25, -0.2) is 0 Å². The minimum Gasteiger partial charge on any atom is -0.195 e. The Morgan fingerprint density at radius 2 is 1.65 bits per heavy atom. The lowest BCUT2D eigenvalue weighted by Gasteiger charge is -2.18. The van der Waals surface area contributed by atoms with Crippen LogP contribution in [0.25, 0.3) is 10.8 Å². The third-order valence-corrected chi connectivity index (χ3v) is 8.40. The lowest BCUT2D eigenvalue weighted by atomic mass is 9.79. The van der Waals surface area contributed by atoms with Gasteiger partial charge in [0.05, 0.1) is 5.41 Å². The molecule has 2 aromatic carbocycles. The Morgan fingerprint density at radius 3 is 2.45 bits per heavy atom. The standard InChI is InChI=1S/C30H40N/c1-30(2)28(21-18-24-13-5-6-14-24)31(22-10-9-15-23-11-3-4-12-23)27-20-19-25-16-7-8-17-26(25)29(27)30/h7-8,16-21,23-24H,3-6,9-15,22H2,1-2H3/q+1. The second-order valence-electron chi connectivity index (χ2n) is 10.9. The Kier molecular flexibility index (Phi) is 6.04. The van der Waals surface area contributed by atoms with Gasteiger partial charge in [0, 0.05) is 24.1 Å². The first kappa shape index (κ1) is 21.0. The molecule has 0 unspecified atom stereocenters. The minimum atomic E-state index is 0.0523. The summed E-state index contributed by atoms with van der Waals surface area (Å²) in [5, 5.41) is 2.81. The van der Waals surface area contributed by atoms with E-state index in [0.29, 0.717) is 0 Å². The predicted octanol–water partition coefficient (Wildman–Crippen LogP) is 8.32. The maximum atomic E-state index is 2.68. The first-order valence-corrected chi connectivity index (χ1v) is 13.0. The zero-order chi connectivity index (χ0) is 21.3. The van der Waals surface area contributed by atoms with Crippen molar-refractivity contribution in [3.05, 3.63) is 54.1 Å². The number of hydrogen-bond acceptors (Lipinski definition) is 0. The molecular weight excluding hydrogens is 374 g/mol. The largest absolute Gasteiger partial charge is 0.210 e. The maximum Gasteiger partial charge on any atom is 0.210 e. The minimum absolute atomic E-state index is 0.0523. The van der Waals surface area contributed by atoms with Crippen molar-refractivity contribution in [1.82, 2.24) is 0 Å². The lowest BCUT2D eigenvalue weighted by Crippen LogP contribution is -2.28. The topological polar surface area (TPSA) is 3.01 Å². The van der Waals surface area contributed by atoms with E-state index in [1.54, 1.807) is 0 Å². The number of fused-ring (bicyclic) bond motifs is 3. The predicted molar refractivity (Wildman–Crippen MR) is 134 cm³/mol. The molecule has 0 amide bonds. The van der Waals surface area contributed by atoms with E-state index in [1.807, 2.05) is 0 Å². The number of allylic oxidation sites excluding steroid dienone is 2. The van der Waals surface area contributed by atoms with E-state index in [9.17, 15) is 0 Å². The van der Waals surface area contributed by atoms with Gasteiger partial charge in [-0.2, -0.15) is 4.58 Å². The summed E-state index contributed by atoms with van der Waals surface area (Å²) >= 11 is 0. The van der Waals surface area contributed by atoms with Crippen molar-refractivity contribution in [2.45, 2.75) is 89.9 Å². The van der Waals surface area contributed by atoms with Crippen LogP contribution in [-0.4, -0.2) is 16.8 Å². The maximum absolute atomic E-state index is 2.68. The van der Waals surface area contributed by atoms with E-state index >= 15 is 0 Å². The zero-order valence-electron chi connectivity index (χ0n) is 19.7. The summed E-state index contributed by atoms with van der Waals surface area (Å²) in [6.45, 7) is 6.06. The summed E-state index contributed by atoms with van der Waals surface area (Å²) < 4.78 is 2.68. The normalized spacial score (nSPS) is 21.7. The molecule has 1 aliphatic heterocycles. The van der Waals surface area contributed by atoms with Crippen molar-refractivity contribution in [1.29, 1.82) is 0 Å². The van der Waals surface area contributed by atoms with E-state index in [4.69, 9.17) is 0 Å². The van der Waals surface area contributed by atoms with Gasteiger partial charge in [-0.05, 0) is 61.8 Å². The Morgan fingerprint density at radius 1 is 0.903 bits per heavy atom. The van der Waals surface area contributed by atoms with Crippen LogP contribution < -0.4 is 0 Å². The van der Waals surface area contributed by atoms with Crippen LogP contribution in [0.15, 0.2) is 48.6 Å². The molecule has 2 saturated carbocycles. The van der Waals surface area contributed by atoms with Crippen molar-refractivity contribution in [3.63, 3.8) is 0 Å². The first-order chi connectivity index (χ1) is 15.1. The van der Waals surface area contributed by atoms with Gasteiger partial charge in [-0.3, -0.25) is 0 Å². The fourth-order valence-corrected chi connectivity index (χ4v) is 6.66. The van der Waals surface area contributed by atoms with E-state index < -0.39 is 0 Å². The van der Waals surface area contributed by atoms with Gasteiger partial charge >= 0.3 is 0 Å². The molecule has 2 aromatic rings. The molecule has 5 rings (SSSR count). The second kappa shape index (κ2) is 8.93. The molecule has 0 spiro atoms. The number of unbranched alkanes of at least 4 members (excludes halogenated alkanes) is 1. The zero-order valence-corrected chi connectivity index (χ0v) is 19.7. The van der Waals surface area contributed by atoms with Gasteiger partial charge in [0.25, 0.3) is 0 Å². The van der Waals surface area contributed by atoms with Crippen molar-refractivity contribution in [2.24, 2.45) is 11.8 Å². The Bertz CT molecular complexity index is 981. The number of hydrogen-bond donors (Lipinski definition) is 0. The summed E-state index contributed by atoms with van der Waals surface area (Å²) in [5.74, 6) is 1.80. The van der Waals surface area contributed by atoms with Gasteiger partial charge in [0.1, 0.15) is 6.54 Å². The summed E-state index contributed by atoms with van der Waals surface area (Å²) in [4.78, 5) is 0. The van der Waals surface area contributed by atoms with Crippen LogP contribution in [0.1, 0.15) is 90.0 Å². The average molecular weight is 415 g/mol. The molecule has 0 radical (unpaired) electrons. The van der Waals surface area contributed by atoms with E-state index in [2.05, 4.69) is 67.0 Å². The molecule has 3 aliphatic rings. The fourth-order valence-electron chi connectivity index (χ4n) is 6.66. The highest BCUT2D eigenvalue weighted by Gasteiger charge is 2.45. The fraction of sp³-hybridized carbons (Fsp3) is 0.567. The summed E-state index contributed by atoms with van der Waals surface area (Å²) in [6.07, 6.45) is 20.6. The number of rotatable bonds is 7. The number of nitrogens with zero attached hydrogens (tertiary/aromatic N) is 1. The number of benzene rings is 2. The molecule has 1 heteroatoms.